The molecule has 114 valence electrons. The second kappa shape index (κ2) is 4.63. The van der Waals surface area contributed by atoms with Crippen LogP contribution in [-0.2, 0) is 0 Å². The monoisotopic (exact) mass is 314 g/mol. The summed E-state index contributed by atoms with van der Waals surface area (Å²) in [6.45, 7) is 0. The Kier molecular flexibility index (Phi) is 3.09. The summed E-state index contributed by atoms with van der Waals surface area (Å²) in [5, 5.41) is 1.01. The molecule has 0 spiro atoms. The highest BCUT2D eigenvalue weighted by Gasteiger charge is 2.61. The molecule has 0 unspecified atom stereocenters. The molecule has 0 amide bonds. The van der Waals surface area contributed by atoms with Crippen molar-refractivity contribution < 1.29 is 26.3 Å². The van der Waals surface area contributed by atoms with Gasteiger partial charge in [-0.15, -0.1) is 0 Å². The van der Waals surface area contributed by atoms with Crippen molar-refractivity contribution in [3.05, 3.63) is 53.7 Å². The van der Waals surface area contributed by atoms with Crippen LogP contribution in [0.5, 0.6) is 0 Å². The number of benzene rings is 3. The van der Waals surface area contributed by atoms with Crippen molar-refractivity contribution in [3.63, 3.8) is 0 Å². The van der Waals surface area contributed by atoms with Gasteiger partial charge in [-0.3, -0.25) is 0 Å². The van der Waals surface area contributed by atoms with Gasteiger partial charge in [-0.1, -0.05) is 48.5 Å². The highest BCUT2D eigenvalue weighted by atomic mass is 19.4. The van der Waals surface area contributed by atoms with E-state index >= 15 is 0 Å². The van der Waals surface area contributed by atoms with E-state index in [9.17, 15) is 26.3 Å². The number of alkyl halides is 5. The minimum absolute atomic E-state index is 0.0250. The fourth-order valence-electron chi connectivity index (χ4n) is 2.48. The molecular formula is C16H8F6. The van der Waals surface area contributed by atoms with Gasteiger partial charge in [0, 0.05) is 5.22 Å². The van der Waals surface area contributed by atoms with E-state index < -0.39 is 23.1 Å². The maximum absolute atomic E-state index is 13.9. The molecule has 0 fully saturated rings. The average molecular weight is 314 g/mol. The van der Waals surface area contributed by atoms with Crippen LogP contribution in [0.25, 0.3) is 27.4 Å². The summed E-state index contributed by atoms with van der Waals surface area (Å²) in [4.78, 5) is 0. The second-order valence-corrected chi connectivity index (χ2v) is 4.88. The van der Waals surface area contributed by atoms with Gasteiger partial charge in [-0.2, -0.15) is 22.0 Å². The van der Waals surface area contributed by atoms with Gasteiger partial charge in [-0.25, -0.2) is 4.39 Å². The molecule has 6 heteroatoms. The van der Waals surface area contributed by atoms with Crippen molar-refractivity contribution in [3.8, 4) is 0 Å². The number of hydrogen-bond acceptors (Lipinski definition) is 0. The van der Waals surface area contributed by atoms with Crippen molar-refractivity contribution >= 4 is 27.4 Å². The predicted octanol–water partition coefficient (Wildman–Crippen LogP) is 4.99. The lowest BCUT2D eigenvalue weighted by atomic mass is 9.98. The maximum Gasteiger partial charge on any atom is 0.460 e. The highest BCUT2D eigenvalue weighted by Crippen LogP contribution is 2.42. The molecular weight excluding hydrogens is 306 g/mol. The third-order valence-electron chi connectivity index (χ3n) is 3.52. The lowest BCUT2D eigenvalue weighted by molar-refractivity contribution is -0.258. The van der Waals surface area contributed by atoms with Gasteiger partial charge in [0.15, 0.2) is 5.83 Å². The summed E-state index contributed by atoms with van der Waals surface area (Å²) < 4.78 is 77.6. The second-order valence-electron chi connectivity index (χ2n) is 4.88. The quantitative estimate of drug-likeness (QED) is 0.555. The molecule has 0 N–H and O–H groups in total. The molecule has 0 nitrogen and oxygen atoms in total. The summed E-state index contributed by atoms with van der Waals surface area (Å²) >= 11 is 0. The Morgan fingerprint density at radius 2 is 1.27 bits per heavy atom. The number of rotatable bonds is 1. The van der Waals surface area contributed by atoms with E-state index in [1.807, 2.05) is 0 Å². The Hall–Kier alpha value is -2.24. The Balaban J connectivity index is 2.47. The van der Waals surface area contributed by atoms with Crippen LogP contribution >= 0.6 is 0 Å². The van der Waals surface area contributed by atoms with E-state index in [4.69, 9.17) is 0 Å². The van der Waals surface area contributed by atoms with Crippen LogP contribution in [0.1, 0.15) is 0 Å². The molecule has 3 aromatic rings. The van der Waals surface area contributed by atoms with Gasteiger partial charge in [0.1, 0.15) is 0 Å². The number of hydrogen-bond donors (Lipinski definition) is 0. The van der Waals surface area contributed by atoms with Crippen LogP contribution < -0.4 is 5.22 Å². The fraction of sp³-hybridized carbons (Fsp3) is 0.125. The van der Waals surface area contributed by atoms with E-state index in [0.717, 1.165) is 6.07 Å². The van der Waals surface area contributed by atoms with Crippen LogP contribution in [-0.4, -0.2) is 12.1 Å². The van der Waals surface area contributed by atoms with Crippen molar-refractivity contribution in [2.45, 2.75) is 12.1 Å². The molecule has 0 bridgehead atoms. The van der Waals surface area contributed by atoms with Gasteiger partial charge in [-0.05, 0) is 21.5 Å². The van der Waals surface area contributed by atoms with E-state index in [-0.39, 0.29) is 5.39 Å². The Morgan fingerprint density at radius 3 is 1.86 bits per heavy atom. The number of halogens is 6. The minimum atomic E-state index is -5.98. The maximum atomic E-state index is 13.9. The zero-order valence-corrected chi connectivity index (χ0v) is 10.9. The lowest BCUT2D eigenvalue weighted by Crippen LogP contribution is -2.38. The molecule has 0 saturated heterocycles. The van der Waals surface area contributed by atoms with Gasteiger partial charge < -0.3 is 0 Å². The summed E-state index contributed by atoms with van der Waals surface area (Å²) in [6, 6.07) is 11.9. The topological polar surface area (TPSA) is 0 Å². The van der Waals surface area contributed by atoms with Crippen LogP contribution in [0, 0.1) is 0 Å². The van der Waals surface area contributed by atoms with Gasteiger partial charge in [0.2, 0.25) is 0 Å². The Labute approximate surface area is 120 Å². The van der Waals surface area contributed by atoms with E-state index in [1.54, 1.807) is 24.3 Å². The molecule has 0 atom stereocenters. The van der Waals surface area contributed by atoms with Crippen molar-refractivity contribution in [1.29, 1.82) is 0 Å². The third kappa shape index (κ3) is 2.01. The molecule has 0 aromatic heterocycles. The smallest absolute Gasteiger partial charge is 0.204 e. The molecule has 0 aliphatic rings. The van der Waals surface area contributed by atoms with Crippen LogP contribution in [0.15, 0.2) is 48.5 Å². The Bertz CT molecular complexity index is 884. The summed E-state index contributed by atoms with van der Waals surface area (Å²) in [5.41, 5.74) is 0. The van der Waals surface area contributed by atoms with Crippen LogP contribution in [0.4, 0.5) is 26.3 Å². The average Bonchev–Trinajstić information content (AvgIpc) is 2.46. The molecule has 0 aliphatic heterocycles. The first-order valence-corrected chi connectivity index (χ1v) is 6.28. The first kappa shape index (κ1) is 14.7. The van der Waals surface area contributed by atoms with Gasteiger partial charge >= 0.3 is 12.1 Å². The molecule has 3 rings (SSSR count). The van der Waals surface area contributed by atoms with Gasteiger partial charge in [0.05, 0.1) is 0 Å². The normalized spacial score (nSPS) is 14.6. The van der Waals surface area contributed by atoms with E-state index in [2.05, 4.69) is 0 Å². The minimum Gasteiger partial charge on any atom is -0.204 e. The highest BCUT2D eigenvalue weighted by molar-refractivity contribution is 6.10. The van der Waals surface area contributed by atoms with E-state index in [0.29, 0.717) is 16.2 Å². The fourth-order valence-corrected chi connectivity index (χ4v) is 2.48. The molecule has 0 saturated carbocycles. The summed E-state index contributed by atoms with van der Waals surface area (Å²) in [7, 11) is 0. The molecule has 3 aromatic carbocycles. The first-order chi connectivity index (χ1) is 10.2. The lowest BCUT2D eigenvalue weighted by Gasteiger charge is -2.18. The van der Waals surface area contributed by atoms with Crippen molar-refractivity contribution in [2.75, 3.05) is 0 Å². The van der Waals surface area contributed by atoms with Gasteiger partial charge in [0.25, 0.3) is 0 Å². The molecule has 0 aliphatic carbocycles. The largest absolute Gasteiger partial charge is 0.460 e. The summed E-state index contributed by atoms with van der Waals surface area (Å²) in [6.07, 6.45) is -5.98. The molecule has 0 heterocycles. The Morgan fingerprint density at radius 1 is 0.727 bits per heavy atom. The van der Waals surface area contributed by atoms with E-state index in [1.165, 1.54) is 18.2 Å². The third-order valence-corrected chi connectivity index (χ3v) is 3.52. The van der Waals surface area contributed by atoms with Crippen LogP contribution in [0.3, 0.4) is 0 Å². The summed E-state index contributed by atoms with van der Waals surface area (Å²) in [5.74, 6) is -8.01. The van der Waals surface area contributed by atoms with Crippen molar-refractivity contribution in [2.24, 2.45) is 0 Å². The van der Waals surface area contributed by atoms with Crippen LogP contribution in [0.2, 0.25) is 0 Å². The standard InChI is InChI=1S/C16H8F6/c17-14(15(18,19)16(20,21)22)12-8-7-10-4-1-3-9-5-2-6-11(12)13(9)10/h1-8H. The molecule has 22 heavy (non-hydrogen) atoms. The SMILES string of the molecule is FC(=c1ccc2cccc3cccc1c32)C(F)(F)C(F)(F)F. The first-order valence-electron chi connectivity index (χ1n) is 6.28. The zero-order chi connectivity index (χ0) is 16.1. The predicted molar refractivity (Wildman–Crippen MR) is 72.2 cm³/mol. The van der Waals surface area contributed by atoms with Crippen molar-refractivity contribution in [1.82, 2.24) is 0 Å². The zero-order valence-electron chi connectivity index (χ0n) is 10.9. The molecule has 0 radical (unpaired) electrons.